The minimum atomic E-state index is 0.213. The van der Waals surface area contributed by atoms with Crippen LogP contribution in [-0.4, -0.2) is 17.5 Å². The van der Waals surface area contributed by atoms with Gasteiger partial charge in [-0.25, -0.2) is 0 Å². The molecule has 4 heteroatoms. The Morgan fingerprint density at radius 2 is 2.08 bits per heavy atom. The van der Waals surface area contributed by atoms with Crippen LogP contribution in [0.2, 0.25) is 10.0 Å². The van der Waals surface area contributed by atoms with Gasteiger partial charge in [0, 0.05) is 22.3 Å². The molecule has 0 spiro atoms. The van der Waals surface area contributed by atoms with Crippen molar-refractivity contribution in [2.24, 2.45) is 0 Å². The van der Waals surface area contributed by atoms with Gasteiger partial charge in [-0.1, -0.05) is 23.2 Å². The number of hydrogen-bond donors (Lipinski definition) is 1. The van der Waals surface area contributed by atoms with Crippen molar-refractivity contribution in [3.05, 3.63) is 28.2 Å². The SMILES string of the molecule is OCCCSc1cc(Cl)ccc1Cl. The van der Waals surface area contributed by atoms with Crippen molar-refractivity contribution in [2.45, 2.75) is 11.3 Å². The number of aliphatic hydroxyl groups excluding tert-OH is 1. The summed E-state index contributed by atoms with van der Waals surface area (Å²) in [6, 6.07) is 5.39. The molecule has 1 N–H and O–H groups in total. The standard InChI is InChI=1S/C9H10Cl2OS/c10-7-2-3-8(11)9(6-7)13-5-1-4-12/h2-3,6,12H,1,4-5H2. The third kappa shape index (κ3) is 3.77. The first kappa shape index (κ1) is 11.2. The van der Waals surface area contributed by atoms with Gasteiger partial charge in [-0.2, -0.15) is 0 Å². The Labute approximate surface area is 92.1 Å². The van der Waals surface area contributed by atoms with E-state index in [4.69, 9.17) is 28.3 Å². The summed E-state index contributed by atoms with van der Waals surface area (Å²) in [5.41, 5.74) is 0. The summed E-state index contributed by atoms with van der Waals surface area (Å²) < 4.78 is 0. The third-order valence-electron chi connectivity index (χ3n) is 1.45. The molecule has 0 heterocycles. The second kappa shape index (κ2) is 5.76. The van der Waals surface area contributed by atoms with Crippen molar-refractivity contribution in [2.75, 3.05) is 12.4 Å². The van der Waals surface area contributed by atoms with Crippen molar-refractivity contribution in [3.63, 3.8) is 0 Å². The van der Waals surface area contributed by atoms with Gasteiger partial charge >= 0.3 is 0 Å². The lowest BCUT2D eigenvalue weighted by atomic mass is 10.4. The van der Waals surface area contributed by atoms with E-state index in [0.717, 1.165) is 17.1 Å². The number of rotatable bonds is 4. The Bertz CT molecular complexity index is 278. The lowest BCUT2D eigenvalue weighted by Crippen LogP contribution is -1.85. The smallest absolute Gasteiger partial charge is 0.0542 e. The first-order valence-electron chi connectivity index (χ1n) is 3.93. The second-order valence-corrected chi connectivity index (χ2v) is 4.48. The molecule has 0 aliphatic heterocycles. The van der Waals surface area contributed by atoms with Crippen LogP contribution in [0.1, 0.15) is 6.42 Å². The molecule has 0 unspecified atom stereocenters. The number of aliphatic hydroxyl groups is 1. The summed E-state index contributed by atoms with van der Waals surface area (Å²) in [5.74, 6) is 0.858. The molecule has 0 saturated carbocycles. The fraction of sp³-hybridized carbons (Fsp3) is 0.333. The van der Waals surface area contributed by atoms with Crippen molar-refractivity contribution in [1.82, 2.24) is 0 Å². The third-order valence-corrected chi connectivity index (χ3v) is 3.27. The van der Waals surface area contributed by atoms with Crippen LogP contribution < -0.4 is 0 Å². The van der Waals surface area contributed by atoms with E-state index in [1.54, 1.807) is 23.9 Å². The summed E-state index contributed by atoms with van der Waals surface area (Å²) in [6.07, 6.45) is 0.771. The molecule has 1 nitrogen and oxygen atoms in total. The van der Waals surface area contributed by atoms with E-state index < -0.39 is 0 Å². The zero-order valence-electron chi connectivity index (χ0n) is 6.96. The van der Waals surface area contributed by atoms with E-state index in [1.165, 1.54) is 0 Å². The maximum Gasteiger partial charge on any atom is 0.0542 e. The Morgan fingerprint density at radius 3 is 2.77 bits per heavy atom. The number of hydrogen-bond acceptors (Lipinski definition) is 2. The fourth-order valence-corrected chi connectivity index (χ4v) is 2.26. The molecule has 0 radical (unpaired) electrons. The number of halogens is 2. The number of benzene rings is 1. The molecule has 1 aromatic carbocycles. The van der Waals surface area contributed by atoms with Crippen LogP contribution in [0, 0.1) is 0 Å². The molecule has 0 fully saturated rings. The zero-order chi connectivity index (χ0) is 9.68. The molecule has 1 aromatic rings. The van der Waals surface area contributed by atoms with Gasteiger partial charge in [0.25, 0.3) is 0 Å². The average Bonchev–Trinajstić information content (AvgIpc) is 2.11. The Hall–Kier alpha value is 0.110. The molecule has 13 heavy (non-hydrogen) atoms. The summed E-state index contributed by atoms with van der Waals surface area (Å²) in [4.78, 5) is 0.975. The van der Waals surface area contributed by atoms with Crippen molar-refractivity contribution in [3.8, 4) is 0 Å². The molecule has 0 aromatic heterocycles. The predicted molar refractivity (Wildman–Crippen MR) is 58.9 cm³/mol. The van der Waals surface area contributed by atoms with Crippen LogP contribution in [0.15, 0.2) is 23.1 Å². The average molecular weight is 237 g/mol. The fourth-order valence-electron chi connectivity index (χ4n) is 0.834. The highest BCUT2D eigenvalue weighted by Gasteiger charge is 2.01. The lowest BCUT2D eigenvalue weighted by molar-refractivity contribution is 0.296. The van der Waals surface area contributed by atoms with Crippen LogP contribution in [-0.2, 0) is 0 Å². The van der Waals surface area contributed by atoms with Gasteiger partial charge in [-0.15, -0.1) is 11.8 Å². The van der Waals surface area contributed by atoms with E-state index in [-0.39, 0.29) is 6.61 Å². The van der Waals surface area contributed by atoms with Gasteiger partial charge in [0.05, 0.1) is 5.02 Å². The molecule has 0 aliphatic rings. The molecular formula is C9H10Cl2OS. The quantitative estimate of drug-likeness (QED) is 0.639. The van der Waals surface area contributed by atoms with Crippen LogP contribution in [0.25, 0.3) is 0 Å². The molecule has 0 amide bonds. The normalized spacial score (nSPS) is 10.4. The van der Waals surface area contributed by atoms with Gasteiger partial charge in [0.15, 0.2) is 0 Å². The van der Waals surface area contributed by atoms with Crippen LogP contribution in [0.5, 0.6) is 0 Å². The molecular weight excluding hydrogens is 227 g/mol. The van der Waals surface area contributed by atoms with E-state index in [2.05, 4.69) is 0 Å². The molecule has 0 saturated heterocycles. The molecule has 72 valence electrons. The highest BCUT2D eigenvalue weighted by atomic mass is 35.5. The van der Waals surface area contributed by atoms with Crippen LogP contribution in [0.4, 0.5) is 0 Å². The Balaban J connectivity index is 2.59. The highest BCUT2D eigenvalue weighted by molar-refractivity contribution is 7.99. The zero-order valence-corrected chi connectivity index (χ0v) is 9.29. The van der Waals surface area contributed by atoms with Crippen molar-refractivity contribution in [1.29, 1.82) is 0 Å². The van der Waals surface area contributed by atoms with Crippen molar-refractivity contribution >= 4 is 35.0 Å². The van der Waals surface area contributed by atoms with Gasteiger partial charge in [-0.3, -0.25) is 0 Å². The number of thioether (sulfide) groups is 1. The molecule has 1 rings (SSSR count). The van der Waals surface area contributed by atoms with E-state index in [0.29, 0.717) is 10.0 Å². The lowest BCUT2D eigenvalue weighted by Gasteiger charge is -2.03. The Morgan fingerprint density at radius 1 is 1.31 bits per heavy atom. The van der Waals surface area contributed by atoms with E-state index in [1.807, 2.05) is 6.07 Å². The van der Waals surface area contributed by atoms with Gasteiger partial charge in [-0.05, 0) is 24.6 Å². The minimum absolute atomic E-state index is 0.213. The molecule has 0 bridgehead atoms. The summed E-state index contributed by atoms with van der Waals surface area (Å²) in [6.45, 7) is 0.213. The summed E-state index contributed by atoms with van der Waals surface area (Å²) >= 11 is 13.4. The monoisotopic (exact) mass is 236 g/mol. The largest absolute Gasteiger partial charge is 0.396 e. The highest BCUT2D eigenvalue weighted by Crippen LogP contribution is 2.29. The predicted octanol–water partition coefficient (Wildman–Crippen LogP) is 3.47. The van der Waals surface area contributed by atoms with Crippen molar-refractivity contribution < 1.29 is 5.11 Å². The van der Waals surface area contributed by atoms with Gasteiger partial charge < -0.3 is 5.11 Å². The van der Waals surface area contributed by atoms with Gasteiger partial charge in [0.2, 0.25) is 0 Å². The van der Waals surface area contributed by atoms with Crippen LogP contribution >= 0.6 is 35.0 Å². The van der Waals surface area contributed by atoms with Crippen LogP contribution in [0.3, 0.4) is 0 Å². The summed E-state index contributed by atoms with van der Waals surface area (Å²) in [7, 11) is 0. The second-order valence-electron chi connectivity index (χ2n) is 2.50. The Kier molecular flexibility index (Phi) is 4.96. The first-order valence-corrected chi connectivity index (χ1v) is 5.67. The molecule has 0 aliphatic carbocycles. The maximum absolute atomic E-state index is 8.60. The topological polar surface area (TPSA) is 20.2 Å². The first-order chi connectivity index (χ1) is 6.24. The minimum Gasteiger partial charge on any atom is -0.396 e. The van der Waals surface area contributed by atoms with E-state index in [9.17, 15) is 0 Å². The summed E-state index contributed by atoms with van der Waals surface area (Å²) in [5, 5.41) is 10.0. The molecule has 0 atom stereocenters. The van der Waals surface area contributed by atoms with Gasteiger partial charge in [0.1, 0.15) is 0 Å². The maximum atomic E-state index is 8.60. The van der Waals surface area contributed by atoms with E-state index >= 15 is 0 Å².